The molecular formula is C8H15IN4. The third-order valence-electron chi connectivity index (χ3n) is 2.75. The maximum atomic E-state index is 5.90. The van der Waals surface area contributed by atoms with Crippen LogP contribution in [0, 0.1) is 5.92 Å². The van der Waals surface area contributed by atoms with E-state index >= 15 is 0 Å². The van der Waals surface area contributed by atoms with Crippen LogP contribution in [0.1, 0.15) is 6.92 Å². The van der Waals surface area contributed by atoms with Crippen molar-refractivity contribution in [3.05, 3.63) is 12.2 Å². The van der Waals surface area contributed by atoms with E-state index in [1.807, 2.05) is 19.1 Å². The van der Waals surface area contributed by atoms with Gasteiger partial charge in [0.1, 0.15) is 0 Å². The lowest BCUT2D eigenvalue weighted by atomic mass is 9.74. The van der Waals surface area contributed by atoms with Gasteiger partial charge in [-0.25, -0.2) is 0 Å². The van der Waals surface area contributed by atoms with Crippen LogP contribution < -0.4 is 22.5 Å². The van der Waals surface area contributed by atoms with Gasteiger partial charge in [0, 0.05) is 12.0 Å². The van der Waals surface area contributed by atoms with E-state index in [0.29, 0.717) is 12.1 Å². The van der Waals surface area contributed by atoms with Crippen LogP contribution in [0.3, 0.4) is 0 Å². The first-order valence-corrected chi connectivity index (χ1v) is 5.41. The van der Waals surface area contributed by atoms with Crippen LogP contribution >= 0.6 is 22.6 Å². The number of fused-ring (bicyclic) bond motifs is 1. The Labute approximate surface area is 91.4 Å². The van der Waals surface area contributed by atoms with E-state index < -0.39 is 5.66 Å². The minimum Gasteiger partial charge on any atom is -0.314 e. The highest BCUT2D eigenvalue weighted by atomic mass is 127. The van der Waals surface area contributed by atoms with E-state index in [-0.39, 0.29) is 9.46 Å². The average molecular weight is 294 g/mol. The first-order chi connectivity index (χ1) is 5.82. The lowest BCUT2D eigenvalue weighted by molar-refractivity contribution is 0.241. The fourth-order valence-corrected chi connectivity index (χ4v) is 2.10. The fourth-order valence-electron chi connectivity index (χ4n) is 1.90. The van der Waals surface area contributed by atoms with Gasteiger partial charge in [-0.3, -0.25) is 0 Å². The van der Waals surface area contributed by atoms with Crippen LogP contribution in [0.15, 0.2) is 12.2 Å². The Kier molecular flexibility index (Phi) is 2.02. The van der Waals surface area contributed by atoms with Crippen molar-refractivity contribution in [2.45, 2.75) is 28.2 Å². The van der Waals surface area contributed by atoms with E-state index in [2.05, 4.69) is 27.9 Å². The summed E-state index contributed by atoms with van der Waals surface area (Å²) in [5, 5.41) is 3.24. The Bertz CT molecular complexity index is 255. The molecule has 2 rings (SSSR count). The van der Waals surface area contributed by atoms with Crippen molar-refractivity contribution in [2.75, 3.05) is 0 Å². The molecule has 2 unspecified atom stereocenters. The molecule has 1 heterocycles. The summed E-state index contributed by atoms with van der Waals surface area (Å²) in [4.78, 5) is 0. The van der Waals surface area contributed by atoms with Gasteiger partial charge in [-0.1, -0.05) is 34.7 Å². The van der Waals surface area contributed by atoms with Gasteiger partial charge in [0.05, 0.1) is 15.3 Å². The average Bonchev–Trinajstić information content (AvgIpc) is 2.61. The maximum Gasteiger partial charge on any atom is 0.0890 e. The molecular weight excluding hydrogens is 279 g/mol. The van der Waals surface area contributed by atoms with Crippen LogP contribution in [0.25, 0.3) is 0 Å². The van der Waals surface area contributed by atoms with Crippen LogP contribution in [-0.2, 0) is 0 Å². The predicted molar refractivity (Wildman–Crippen MR) is 61.1 cm³/mol. The maximum absolute atomic E-state index is 5.90. The van der Waals surface area contributed by atoms with Crippen LogP contribution in [0.4, 0.5) is 0 Å². The summed E-state index contributed by atoms with van der Waals surface area (Å²) in [5.41, 5.74) is 17.0. The standard InChI is InChI=1S/C8H15IN4/c1-7(9,10)3-2-4-5-6(13-5)8(4,11)12/h2-6,13H,10-12H2,1H3/b3-2+/t4-,5?,6?,7+/m1/s1. The highest BCUT2D eigenvalue weighted by Crippen LogP contribution is 2.44. The van der Waals surface area contributed by atoms with E-state index in [1.165, 1.54) is 0 Å². The lowest BCUT2D eigenvalue weighted by Crippen LogP contribution is -2.68. The molecule has 4 nitrogen and oxygen atoms in total. The summed E-state index contributed by atoms with van der Waals surface area (Å²) in [6.07, 6.45) is 4.00. The molecule has 0 bridgehead atoms. The zero-order chi connectivity index (χ0) is 9.85. The van der Waals surface area contributed by atoms with Gasteiger partial charge in [0.15, 0.2) is 0 Å². The normalized spacial score (nSPS) is 45.2. The molecule has 0 aromatic rings. The quantitative estimate of drug-likeness (QED) is 0.134. The summed E-state index contributed by atoms with van der Waals surface area (Å²) in [7, 11) is 0. The molecule has 7 N–H and O–H groups in total. The van der Waals surface area contributed by atoms with Gasteiger partial charge < -0.3 is 22.5 Å². The second-order valence-electron chi connectivity index (χ2n) is 4.21. The molecule has 1 saturated heterocycles. The van der Waals surface area contributed by atoms with Crippen LogP contribution in [0.5, 0.6) is 0 Å². The minimum absolute atomic E-state index is 0.232. The number of halogens is 1. The fraction of sp³-hybridized carbons (Fsp3) is 0.750. The zero-order valence-corrected chi connectivity index (χ0v) is 9.65. The number of nitrogens with one attached hydrogen (secondary N) is 1. The Morgan fingerprint density at radius 2 is 2.15 bits per heavy atom. The van der Waals surface area contributed by atoms with Crippen molar-refractivity contribution < 1.29 is 0 Å². The molecule has 0 aromatic heterocycles. The third-order valence-corrected chi connectivity index (χ3v) is 3.11. The Morgan fingerprint density at radius 3 is 2.54 bits per heavy atom. The van der Waals surface area contributed by atoms with Gasteiger partial charge >= 0.3 is 0 Å². The lowest BCUT2D eigenvalue weighted by Gasteiger charge is -2.39. The summed E-state index contributed by atoms with van der Waals surface area (Å²) in [6, 6.07) is 0.811. The highest BCUT2D eigenvalue weighted by molar-refractivity contribution is 14.1. The summed E-state index contributed by atoms with van der Waals surface area (Å²) in [5.74, 6) is 0.232. The predicted octanol–water partition coefficient (Wildman–Crippen LogP) is -0.764. The summed E-state index contributed by atoms with van der Waals surface area (Å²) < 4.78 is -0.312. The largest absolute Gasteiger partial charge is 0.314 e. The topological polar surface area (TPSA) is 100 Å². The Hall–Kier alpha value is 0.310. The van der Waals surface area contributed by atoms with E-state index in [1.54, 1.807) is 0 Å². The molecule has 0 amide bonds. The number of nitrogens with two attached hydrogens (primary N) is 3. The van der Waals surface area contributed by atoms with Crippen molar-refractivity contribution in [3.8, 4) is 0 Å². The molecule has 13 heavy (non-hydrogen) atoms. The number of rotatable bonds is 2. The number of hydrogen-bond acceptors (Lipinski definition) is 4. The van der Waals surface area contributed by atoms with E-state index in [9.17, 15) is 0 Å². The molecule has 2 aliphatic rings. The smallest absolute Gasteiger partial charge is 0.0890 e. The molecule has 74 valence electrons. The van der Waals surface area contributed by atoms with Crippen LogP contribution in [0.2, 0.25) is 0 Å². The van der Waals surface area contributed by atoms with Crippen molar-refractivity contribution in [3.63, 3.8) is 0 Å². The Balaban J connectivity index is 2.00. The molecule has 1 aliphatic carbocycles. The first-order valence-electron chi connectivity index (χ1n) is 4.33. The zero-order valence-electron chi connectivity index (χ0n) is 7.50. The van der Waals surface area contributed by atoms with Gasteiger partial charge in [-0.2, -0.15) is 0 Å². The molecule has 0 aromatic carbocycles. The molecule has 0 radical (unpaired) electrons. The first kappa shape index (κ1) is 9.85. The number of hydrogen-bond donors (Lipinski definition) is 4. The van der Waals surface area contributed by atoms with Crippen molar-refractivity contribution in [1.29, 1.82) is 0 Å². The van der Waals surface area contributed by atoms with E-state index in [4.69, 9.17) is 17.2 Å². The second kappa shape index (κ2) is 2.66. The van der Waals surface area contributed by atoms with Gasteiger partial charge in [-0.15, -0.1) is 0 Å². The minimum atomic E-state index is -0.566. The van der Waals surface area contributed by atoms with Crippen molar-refractivity contribution in [1.82, 2.24) is 5.32 Å². The molecule has 1 saturated carbocycles. The SMILES string of the molecule is C[C@@](N)(I)/C=C/[C@@H]1C2NC2C1(N)N. The van der Waals surface area contributed by atoms with Crippen LogP contribution in [-0.4, -0.2) is 21.3 Å². The molecule has 1 aliphatic heterocycles. The molecule has 0 spiro atoms. The van der Waals surface area contributed by atoms with Gasteiger partial charge in [0.25, 0.3) is 0 Å². The summed E-state index contributed by atoms with van der Waals surface area (Å²) >= 11 is 2.17. The third kappa shape index (κ3) is 1.63. The second-order valence-corrected chi connectivity index (χ2v) is 6.53. The van der Waals surface area contributed by atoms with Gasteiger partial charge in [-0.05, 0) is 6.92 Å². The monoisotopic (exact) mass is 294 g/mol. The molecule has 4 atom stereocenters. The molecule has 5 heteroatoms. The van der Waals surface area contributed by atoms with E-state index in [0.717, 1.165) is 0 Å². The highest BCUT2D eigenvalue weighted by Gasteiger charge is 2.67. The van der Waals surface area contributed by atoms with Gasteiger partial charge in [0.2, 0.25) is 0 Å². The Morgan fingerprint density at radius 1 is 1.54 bits per heavy atom. The van der Waals surface area contributed by atoms with Crippen molar-refractivity contribution in [2.24, 2.45) is 23.1 Å². The van der Waals surface area contributed by atoms with Crippen molar-refractivity contribution >= 4 is 22.6 Å². The molecule has 2 fully saturated rings. The summed E-state index contributed by atoms with van der Waals surface area (Å²) in [6.45, 7) is 1.94. The number of alkyl halides is 1.